The van der Waals surface area contributed by atoms with Crippen LogP contribution in [-0.2, 0) is 5.41 Å². The Morgan fingerprint density at radius 3 is 2.63 bits per heavy atom. The predicted octanol–water partition coefficient (Wildman–Crippen LogP) is 3.22. The summed E-state index contributed by atoms with van der Waals surface area (Å²) in [5, 5.41) is 1.04. The number of hydrogen-bond acceptors (Lipinski definition) is 3. The second-order valence-electron chi connectivity index (χ2n) is 6.12. The van der Waals surface area contributed by atoms with Gasteiger partial charge in [-0.2, -0.15) is 0 Å². The van der Waals surface area contributed by atoms with Crippen molar-refractivity contribution in [1.82, 2.24) is 0 Å². The van der Waals surface area contributed by atoms with E-state index in [2.05, 4.69) is 38.8 Å². The zero-order chi connectivity index (χ0) is 13.9. The first-order valence-electron chi connectivity index (χ1n) is 6.64. The molecule has 3 rings (SSSR count). The van der Waals surface area contributed by atoms with Crippen LogP contribution in [0.25, 0.3) is 11.0 Å². The molecule has 0 bridgehead atoms. The van der Waals surface area contributed by atoms with Gasteiger partial charge in [-0.1, -0.05) is 13.8 Å². The Morgan fingerprint density at radius 2 is 1.95 bits per heavy atom. The van der Waals surface area contributed by atoms with Crippen LogP contribution in [0.2, 0.25) is 0 Å². The summed E-state index contributed by atoms with van der Waals surface area (Å²) in [5.41, 5.74) is 3.97. The summed E-state index contributed by atoms with van der Waals surface area (Å²) in [5.74, 6) is 0. The number of benzene rings is 1. The minimum atomic E-state index is -0.280. The molecule has 3 heteroatoms. The Bertz CT molecular complexity index is 727. The standard InChI is InChI=1S/C16H19NO2/c1-9-6-15(18)19-14-8-13-12(7-11(9)14)16(3,4)10(2)17(13)5/h6-8,10H,1-5H3. The molecule has 1 aliphatic heterocycles. The van der Waals surface area contributed by atoms with E-state index in [0.717, 1.165) is 10.9 Å². The third-order valence-electron chi connectivity index (χ3n) is 4.77. The normalized spacial score (nSPS) is 20.9. The van der Waals surface area contributed by atoms with Crippen LogP contribution in [0.5, 0.6) is 0 Å². The van der Waals surface area contributed by atoms with E-state index in [-0.39, 0.29) is 11.0 Å². The number of nitrogens with zero attached hydrogens (tertiary/aromatic N) is 1. The Morgan fingerprint density at radius 1 is 1.26 bits per heavy atom. The van der Waals surface area contributed by atoms with Crippen LogP contribution >= 0.6 is 0 Å². The zero-order valence-electron chi connectivity index (χ0n) is 12.1. The molecule has 0 radical (unpaired) electrons. The Kier molecular flexibility index (Phi) is 2.34. The summed E-state index contributed by atoms with van der Waals surface area (Å²) < 4.78 is 5.34. The van der Waals surface area contributed by atoms with Crippen molar-refractivity contribution < 1.29 is 4.42 Å². The van der Waals surface area contributed by atoms with Crippen molar-refractivity contribution in [2.45, 2.75) is 39.2 Å². The lowest BCUT2D eigenvalue weighted by atomic mass is 9.81. The first-order valence-corrected chi connectivity index (χ1v) is 6.64. The van der Waals surface area contributed by atoms with Crippen molar-refractivity contribution in [3.63, 3.8) is 0 Å². The second kappa shape index (κ2) is 3.62. The quantitative estimate of drug-likeness (QED) is 0.679. The molecule has 2 aromatic rings. The van der Waals surface area contributed by atoms with Crippen LogP contribution < -0.4 is 10.5 Å². The molecule has 0 saturated carbocycles. The van der Waals surface area contributed by atoms with Crippen molar-refractivity contribution in [2.75, 3.05) is 11.9 Å². The zero-order valence-corrected chi connectivity index (χ0v) is 12.1. The van der Waals surface area contributed by atoms with Crippen molar-refractivity contribution in [3.8, 4) is 0 Å². The van der Waals surface area contributed by atoms with Crippen LogP contribution in [0, 0.1) is 6.92 Å². The highest BCUT2D eigenvalue weighted by atomic mass is 16.4. The lowest BCUT2D eigenvalue weighted by Gasteiger charge is -2.28. The average Bonchev–Trinajstić information content (AvgIpc) is 2.49. The van der Waals surface area contributed by atoms with Crippen molar-refractivity contribution in [2.24, 2.45) is 0 Å². The van der Waals surface area contributed by atoms with E-state index < -0.39 is 0 Å². The van der Waals surface area contributed by atoms with Gasteiger partial charge >= 0.3 is 5.63 Å². The maximum atomic E-state index is 11.5. The minimum Gasteiger partial charge on any atom is -0.423 e. The molecule has 1 atom stereocenters. The van der Waals surface area contributed by atoms with Gasteiger partial charge in [-0.3, -0.25) is 0 Å². The minimum absolute atomic E-state index is 0.0981. The number of likely N-dealkylation sites (N-methyl/N-ethyl adjacent to an activating group) is 1. The van der Waals surface area contributed by atoms with E-state index in [4.69, 9.17) is 4.42 Å². The number of anilines is 1. The highest BCUT2D eigenvalue weighted by molar-refractivity contribution is 5.87. The fourth-order valence-electron chi connectivity index (χ4n) is 3.08. The molecule has 1 aliphatic rings. The number of hydrogen-bond donors (Lipinski definition) is 0. The molecule has 0 spiro atoms. The van der Waals surface area contributed by atoms with Gasteiger partial charge in [0.15, 0.2) is 0 Å². The molecule has 100 valence electrons. The molecule has 0 amide bonds. The maximum absolute atomic E-state index is 11.5. The smallest absolute Gasteiger partial charge is 0.336 e. The molecule has 1 aromatic carbocycles. The molecule has 0 fully saturated rings. The van der Waals surface area contributed by atoms with Crippen molar-refractivity contribution >= 4 is 16.7 Å². The van der Waals surface area contributed by atoms with Gasteiger partial charge in [0.1, 0.15) is 5.58 Å². The molecular formula is C16H19NO2. The highest BCUT2D eigenvalue weighted by Crippen LogP contribution is 2.45. The molecule has 3 nitrogen and oxygen atoms in total. The summed E-state index contributed by atoms with van der Waals surface area (Å²) in [6.45, 7) is 8.72. The lowest BCUT2D eigenvalue weighted by Crippen LogP contribution is -2.36. The first kappa shape index (κ1) is 12.3. The van der Waals surface area contributed by atoms with E-state index in [0.29, 0.717) is 11.6 Å². The van der Waals surface area contributed by atoms with Crippen molar-refractivity contribution in [3.05, 3.63) is 39.7 Å². The van der Waals surface area contributed by atoms with E-state index >= 15 is 0 Å². The molecule has 1 unspecified atom stereocenters. The van der Waals surface area contributed by atoms with E-state index in [1.165, 1.54) is 11.3 Å². The number of fused-ring (bicyclic) bond motifs is 2. The van der Waals surface area contributed by atoms with Gasteiger partial charge in [0.2, 0.25) is 0 Å². The summed E-state index contributed by atoms with van der Waals surface area (Å²) in [7, 11) is 2.10. The largest absolute Gasteiger partial charge is 0.423 e. The number of rotatable bonds is 0. The van der Waals surface area contributed by atoms with Gasteiger partial charge in [0.05, 0.1) is 0 Å². The topological polar surface area (TPSA) is 33.5 Å². The van der Waals surface area contributed by atoms with Crippen molar-refractivity contribution in [1.29, 1.82) is 0 Å². The Hall–Kier alpha value is -1.77. The van der Waals surface area contributed by atoms with Crippen LogP contribution in [0.4, 0.5) is 5.69 Å². The Labute approximate surface area is 112 Å². The first-order chi connectivity index (χ1) is 8.82. The average molecular weight is 257 g/mol. The summed E-state index contributed by atoms with van der Waals surface area (Å²) in [4.78, 5) is 13.8. The lowest BCUT2D eigenvalue weighted by molar-refractivity contribution is 0.454. The van der Waals surface area contributed by atoms with Gasteiger partial charge in [0, 0.05) is 41.7 Å². The third kappa shape index (κ3) is 1.54. The number of aryl methyl sites for hydroxylation is 1. The SMILES string of the molecule is Cc1cc(=O)oc2cc3c(cc12)C(C)(C)C(C)N3C. The van der Waals surface area contributed by atoms with Gasteiger partial charge in [-0.15, -0.1) is 0 Å². The predicted molar refractivity (Wildman–Crippen MR) is 78.1 cm³/mol. The summed E-state index contributed by atoms with van der Waals surface area (Å²) >= 11 is 0. The van der Waals surface area contributed by atoms with E-state index in [1.807, 2.05) is 13.0 Å². The second-order valence-corrected chi connectivity index (χ2v) is 6.12. The maximum Gasteiger partial charge on any atom is 0.336 e. The van der Waals surface area contributed by atoms with Crippen LogP contribution in [0.15, 0.2) is 27.4 Å². The van der Waals surface area contributed by atoms with Crippen LogP contribution in [0.1, 0.15) is 31.9 Å². The summed E-state index contributed by atoms with van der Waals surface area (Å²) in [6, 6.07) is 6.17. The van der Waals surface area contributed by atoms with Crippen LogP contribution in [-0.4, -0.2) is 13.1 Å². The third-order valence-corrected chi connectivity index (χ3v) is 4.77. The molecule has 19 heavy (non-hydrogen) atoms. The molecule has 0 saturated heterocycles. The van der Waals surface area contributed by atoms with Gasteiger partial charge < -0.3 is 9.32 Å². The van der Waals surface area contributed by atoms with Gasteiger partial charge in [-0.25, -0.2) is 4.79 Å². The van der Waals surface area contributed by atoms with Crippen LogP contribution in [0.3, 0.4) is 0 Å². The molecular weight excluding hydrogens is 238 g/mol. The monoisotopic (exact) mass is 257 g/mol. The van der Waals surface area contributed by atoms with E-state index in [9.17, 15) is 4.79 Å². The fraction of sp³-hybridized carbons (Fsp3) is 0.438. The highest BCUT2D eigenvalue weighted by Gasteiger charge is 2.40. The summed E-state index contributed by atoms with van der Waals surface area (Å²) in [6.07, 6.45) is 0. The fourth-order valence-corrected chi connectivity index (χ4v) is 3.08. The Balaban J connectivity index is 2.40. The molecule has 1 aromatic heterocycles. The van der Waals surface area contributed by atoms with Gasteiger partial charge in [0.25, 0.3) is 0 Å². The molecule has 0 N–H and O–H groups in total. The molecule has 2 heterocycles. The van der Waals surface area contributed by atoms with Gasteiger partial charge in [-0.05, 0) is 31.0 Å². The van der Waals surface area contributed by atoms with E-state index in [1.54, 1.807) is 6.07 Å². The molecule has 0 aliphatic carbocycles.